The van der Waals surface area contributed by atoms with Gasteiger partial charge in [-0.1, -0.05) is 38.1 Å². The molecule has 0 saturated heterocycles. The van der Waals surface area contributed by atoms with Crippen LogP contribution >= 0.6 is 11.9 Å². The lowest BCUT2D eigenvalue weighted by molar-refractivity contribution is 0.0696. The summed E-state index contributed by atoms with van der Waals surface area (Å²) in [5.74, 6) is 0.591. The molecule has 2 aliphatic carbocycles. The van der Waals surface area contributed by atoms with Crippen molar-refractivity contribution in [1.29, 1.82) is 0 Å². The van der Waals surface area contributed by atoms with E-state index in [-0.39, 0.29) is 11.6 Å². The number of ether oxygens (including phenoxy) is 1. The lowest BCUT2D eigenvalue weighted by Gasteiger charge is -2.39. The summed E-state index contributed by atoms with van der Waals surface area (Å²) in [5, 5.41) is 13.2. The van der Waals surface area contributed by atoms with Gasteiger partial charge in [0.2, 0.25) is 11.8 Å². The second-order valence-electron chi connectivity index (χ2n) is 12.0. The van der Waals surface area contributed by atoms with E-state index in [9.17, 15) is 9.90 Å². The van der Waals surface area contributed by atoms with Crippen LogP contribution in [0.25, 0.3) is 11.3 Å². The summed E-state index contributed by atoms with van der Waals surface area (Å²) in [5.41, 5.74) is 5.99. The van der Waals surface area contributed by atoms with Gasteiger partial charge >= 0.3 is 5.97 Å². The van der Waals surface area contributed by atoms with Gasteiger partial charge in [-0.15, -0.1) is 0 Å². The molecule has 1 spiro atoms. The van der Waals surface area contributed by atoms with Gasteiger partial charge in [-0.3, -0.25) is 4.72 Å². The Labute approximate surface area is 241 Å². The maximum Gasteiger partial charge on any atom is 0.335 e. The van der Waals surface area contributed by atoms with Crippen LogP contribution < -0.4 is 14.8 Å². The van der Waals surface area contributed by atoms with Crippen LogP contribution in [0.1, 0.15) is 73.0 Å². The number of anilines is 1. The van der Waals surface area contributed by atoms with Crippen LogP contribution in [0.15, 0.2) is 47.4 Å². The minimum absolute atomic E-state index is 0.236. The molecule has 1 aromatic heterocycles. The molecular weight excluding hydrogens is 520 g/mol. The Hall–Kier alpha value is -3.10. The Morgan fingerprint density at radius 3 is 2.45 bits per heavy atom. The first-order valence-electron chi connectivity index (χ1n) is 14.2. The summed E-state index contributed by atoms with van der Waals surface area (Å²) in [4.78, 5) is 21.9. The zero-order valence-electron chi connectivity index (χ0n) is 24.1. The van der Waals surface area contributed by atoms with Gasteiger partial charge in [-0.25, -0.2) is 9.78 Å². The van der Waals surface area contributed by atoms with E-state index in [1.165, 1.54) is 37.6 Å². The largest absolute Gasteiger partial charge is 0.478 e. The Balaban J connectivity index is 1.39. The van der Waals surface area contributed by atoms with Crippen molar-refractivity contribution in [2.24, 2.45) is 11.3 Å². The van der Waals surface area contributed by atoms with Crippen LogP contribution in [0.5, 0.6) is 5.88 Å². The van der Waals surface area contributed by atoms with E-state index in [1.54, 1.807) is 18.2 Å². The van der Waals surface area contributed by atoms with E-state index in [1.807, 2.05) is 13.0 Å². The zero-order valence-corrected chi connectivity index (χ0v) is 24.9. The molecule has 2 saturated carbocycles. The Bertz CT molecular complexity index is 1360. The topological polar surface area (TPSA) is 96.4 Å². The Kier molecular flexibility index (Phi) is 8.38. The smallest absolute Gasteiger partial charge is 0.335 e. The third-order valence-electron chi connectivity index (χ3n) is 8.12. The summed E-state index contributed by atoms with van der Waals surface area (Å²) in [6, 6.07) is 13.9. The van der Waals surface area contributed by atoms with E-state index >= 15 is 0 Å². The number of carbonyl (C=O) groups is 1. The van der Waals surface area contributed by atoms with E-state index in [0.29, 0.717) is 35.8 Å². The summed E-state index contributed by atoms with van der Waals surface area (Å²) >= 11 is 1.28. The first-order valence-corrected chi connectivity index (χ1v) is 15.0. The number of carboxylic acid groups (broad SMARTS) is 1. The number of aryl methyl sites for hydroxylation is 2. The van der Waals surface area contributed by atoms with Gasteiger partial charge in [0.1, 0.15) is 6.61 Å². The van der Waals surface area contributed by atoms with Crippen LogP contribution in [-0.4, -0.2) is 39.7 Å². The Morgan fingerprint density at radius 1 is 1.10 bits per heavy atom. The van der Waals surface area contributed by atoms with Crippen LogP contribution in [0.3, 0.4) is 0 Å². The minimum Gasteiger partial charge on any atom is -0.478 e. The normalized spacial score (nSPS) is 16.6. The number of nitrogens with zero attached hydrogens (tertiary/aromatic N) is 2. The van der Waals surface area contributed by atoms with Crippen molar-refractivity contribution in [2.75, 3.05) is 11.3 Å². The third-order valence-corrected chi connectivity index (χ3v) is 8.90. The van der Waals surface area contributed by atoms with Gasteiger partial charge in [0.05, 0.1) is 11.3 Å². The molecule has 0 aliphatic heterocycles. The van der Waals surface area contributed by atoms with Gasteiger partial charge in [-0.2, -0.15) is 4.98 Å². The van der Waals surface area contributed by atoms with Crippen LogP contribution in [0.2, 0.25) is 0 Å². The monoisotopic (exact) mass is 560 g/mol. The van der Waals surface area contributed by atoms with E-state index in [4.69, 9.17) is 14.7 Å². The molecule has 0 bridgehead atoms. The lowest BCUT2D eigenvalue weighted by Crippen LogP contribution is -2.49. The van der Waals surface area contributed by atoms with Crippen molar-refractivity contribution in [3.05, 3.63) is 64.7 Å². The molecule has 0 radical (unpaired) electrons. The molecule has 8 heteroatoms. The van der Waals surface area contributed by atoms with Crippen LogP contribution in [-0.2, 0) is 0 Å². The molecule has 212 valence electrons. The van der Waals surface area contributed by atoms with Gasteiger partial charge in [0.15, 0.2) is 0 Å². The fourth-order valence-corrected chi connectivity index (χ4v) is 6.50. The van der Waals surface area contributed by atoms with Crippen molar-refractivity contribution >= 4 is 23.9 Å². The molecule has 3 N–H and O–H groups in total. The molecule has 2 aromatic carbocycles. The molecule has 2 aliphatic rings. The van der Waals surface area contributed by atoms with Crippen LogP contribution in [0, 0.1) is 32.1 Å². The standard InChI is InChI=1S/C32H40N4O3S/c1-19(2)14-24(33-25-16-32(17-25)12-13-32)18-39-29-22(5)28(27-20(3)8-6-9-21(27)4)34-31(35-29)36-40-26-11-7-10-23(15-26)30(37)38/h6-11,15,19,24-25,33H,12-14,16-18H2,1-5H3,(H,37,38)(H,34,35,36)/t24-/m1/s1. The second-order valence-corrected chi connectivity index (χ2v) is 12.9. The molecule has 2 fully saturated rings. The lowest BCUT2D eigenvalue weighted by atomic mass is 9.76. The first kappa shape index (κ1) is 28.4. The average molecular weight is 561 g/mol. The predicted molar refractivity (Wildman–Crippen MR) is 161 cm³/mol. The van der Waals surface area contributed by atoms with Crippen molar-refractivity contribution < 1.29 is 14.6 Å². The van der Waals surface area contributed by atoms with Gasteiger partial charge in [0.25, 0.3) is 0 Å². The van der Waals surface area contributed by atoms with E-state index in [2.05, 4.69) is 55.9 Å². The van der Waals surface area contributed by atoms with Gasteiger partial charge in [0, 0.05) is 28.1 Å². The number of hydrogen-bond donors (Lipinski definition) is 3. The maximum atomic E-state index is 11.4. The summed E-state index contributed by atoms with van der Waals surface area (Å²) in [6.45, 7) is 11.3. The number of aromatic carboxylic acids is 1. The van der Waals surface area contributed by atoms with Gasteiger partial charge in [-0.05, 0) is 105 Å². The number of nitrogens with one attached hydrogen (secondary N) is 2. The maximum absolute atomic E-state index is 11.4. The molecule has 40 heavy (non-hydrogen) atoms. The number of rotatable bonds is 12. The zero-order chi connectivity index (χ0) is 28.4. The number of aromatic nitrogens is 2. The van der Waals surface area contributed by atoms with Crippen molar-refractivity contribution in [1.82, 2.24) is 15.3 Å². The summed E-state index contributed by atoms with van der Waals surface area (Å²) < 4.78 is 9.72. The number of benzene rings is 2. The highest BCUT2D eigenvalue weighted by atomic mass is 32.2. The molecule has 0 amide bonds. The van der Waals surface area contributed by atoms with Crippen molar-refractivity contribution in [3.8, 4) is 17.1 Å². The SMILES string of the molecule is Cc1cccc(C)c1-c1nc(NSc2cccc(C(=O)O)c2)nc(OC[C@@H](CC(C)C)NC2CC3(CC3)C2)c1C. The fourth-order valence-electron chi connectivity index (χ4n) is 5.87. The predicted octanol–water partition coefficient (Wildman–Crippen LogP) is 7.21. The number of hydrogen-bond acceptors (Lipinski definition) is 7. The van der Waals surface area contributed by atoms with E-state index in [0.717, 1.165) is 39.3 Å². The van der Waals surface area contributed by atoms with E-state index < -0.39 is 5.97 Å². The molecule has 1 atom stereocenters. The first-order chi connectivity index (χ1) is 19.1. The average Bonchev–Trinajstić information content (AvgIpc) is 3.68. The highest BCUT2D eigenvalue weighted by Crippen LogP contribution is 2.60. The summed E-state index contributed by atoms with van der Waals surface area (Å²) in [6.07, 6.45) is 6.41. The summed E-state index contributed by atoms with van der Waals surface area (Å²) in [7, 11) is 0. The second kappa shape index (κ2) is 11.8. The fraction of sp³-hybridized carbons (Fsp3) is 0.469. The van der Waals surface area contributed by atoms with Crippen molar-refractivity contribution in [2.45, 2.75) is 83.7 Å². The highest BCUT2D eigenvalue weighted by Gasteiger charge is 2.53. The van der Waals surface area contributed by atoms with Gasteiger partial charge < -0.3 is 15.2 Å². The molecule has 1 heterocycles. The quantitative estimate of drug-likeness (QED) is 0.200. The van der Waals surface area contributed by atoms with Crippen molar-refractivity contribution in [3.63, 3.8) is 0 Å². The molecule has 0 unspecified atom stereocenters. The molecule has 5 rings (SSSR count). The molecular formula is C32H40N4O3S. The van der Waals surface area contributed by atoms with Crippen LogP contribution in [0.4, 0.5) is 5.95 Å². The highest BCUT2D eigenvalue weighted by molar-refractivity contribution is 8.00. The number of carboxylic acids is 1. The molecule has 7 nitrogen and oxygen atoms in total. The minimum atomic E-state index is -0.958. The Morgan fingerprint density at radius 2 is 1.80 bits per heavy atom. The molecule has 3 aromatic rings. The third kappa shape index (κ3) is 6.61.